The van der Waals surface area contributed by atoms with Gasteiger partial charge in [0.15, 0.2) is 11.6 Å². The minimum absolute atomic E-state index is 0.0693. The normalized spacial score (nSPS) is 19.1. The summed E-state index contributed by atoms with van der Waals surface area (Å²) >= 11 is 0. The van der Waals surface area contributed by atoms with Gasteiger partial charge >= 0.3 is 0 Å². The molecule has 0 aromatic heterocycles. The highest BCUT2D eigenvalue weighted by atomic mass is 19.2. The molecule has 1 aliphatic rings. The lowest BCUT2D eigenvalue weighted by Gasteiger charge is -2.10. The smallest absolute Gasteiger partial charge is 0.159 e. The summed E-state index contributed by atoms with van der Waals surface area (Å²) in [6.45, 7) is 4.08. The lowest BCUT2D eigenvalue weighted by Crippen LogP contribution is -2.10. The summed E-state index contributed by atoms with van der Waals surface area (Å²) in [6, 6.07) is 3.95. The lowest BCUT2D eigenvalue weighted by molar-refractivity contribution is 0.508. The number of nitrogens with zero attached hydrogens (tertiary/aromatic N) is 1. The van der Waals surface area contributed by atoms with Gasteiger partial charge in [-0.2, -0.15) is 0 Å². The molecular weight excluding hydrogens is 196 g/mol. The highest BCUT2D eigenvalue weighted by Crippen LogP contribution is 2.27. The van der Waals surface area contributed by atoms with Gasteiger partial charge in [-0.1, -0.05) is 6.07 Å². The van der Waals surface area contributed by atoms with Crippen molar-refractivity contribution in [1.82, 2.24) is 0 Å². The quantitative estimate of drug-likeness (QED) is 0.672. The Morgan fingerprint density at radius 2 is 1.93 bits per heavy atom. The molecule has 0 radical (unpaired) electrons. The van der Waals surface area contributed by atoms with Gasteiger partial charge in [0, 0.05) is 5.71 Å². The van der Waals surface area contributed by atoms with Gasteiger partial charge in [0.1, 0.15) is 0 Å². The van der Waals surface area contributed by atoms with Crippen molar-refractivity contribution in [2.24, 2.45) is 4.99 Å². The maximum absolute atomic E-state index is 13.0. The largest absolute Gasteiger partial charge is 0.283 e. The van der Waals surface area contributed by atoms with Crippen molar-refractivity contribution in [3.8, 4) is 0 Å². The van der Waals surface area contributed by atoms with Crippen molar-refractivity contribution >= 4 is 5.71 Å². The van der Waals surface area contributed by atoms with E-state index in [0.717, 1.165) is 24.6 Å². The molecule has 0 fully saturated rings. The van der Waals surface area contributed by atoms with E-state index in [-0.39, 0.29) is 5.54 Å². The average molecular weight is 209 g/mol. The van der Waals surface area contributed by atoms with E-state index in [1.165, 1.54) is 6.07 Å². The lowest BCUT2D eigenvalue weighted by atomic mass is 10.0. The number of hydrogen-bond acceptors (Lipinski definition) is 1. The van der Waals surface area contributed by atoms with Gasteiger partial charge in [0.05, 0.1) is 5.54 Å². The molecule has 0 aliphatic carbocycles. The Morgan fingerprint density at radius 1 is 1.20 bits per heavy atom. The molecule has 1 aliphatic heterocycles. The van der Waals surface area contributed by atoms with Crippen LogP contribution >= 0.6 is 0 Å². The first kappa shape index (κ1) is 10.3. The number of rotatable bonds is 1. The maximum Gasteiger partial charge on any atom is 0.159 e. The number of hydrogen-bond donors (Lipinski definition) is 0. The van der Waals surface area contributed by atoms with E-state index in [1.807, 2.05) is 13.8 Å². The summed E-state index contributed by atoms with van der Waals surface area (Å²) in [7, 11) is 0. The van der Waals surface area contributed by atoms with Crippen LogP contribution in [0.1, 0.15) is 32.3 Å². The number of halogens is 2. The molecule has 0 amide bonds. The second-order valence-corrected chi connectivity index (χ2v) is 4.50. The average Bonchev–Trinajstić information content (AvgIpc) is 2.51. The van der Waals surface area contributed by atoms with Gasteiger partial charge in [-0.15, -0.1) is 0 Å². The molecule has 3 heteroatoms. The van der Waals surface area contributed by atoms with Crippen molar-refractivity contribution < 1.29 is 8.78 Å². The summed E-state index contributed by atoms with van der Waals surface area (Å²) in [4.78, 5) is 4.49. The first-order valence-corrected chi connectivity index (χ1v) is 5.02. The van der Waals surface area contributed by atoms with Crippen LogP contribution in [-0.2, 0) is 0 Å². The van der Waals surface area contributed by atoms with Crippen LogP contribution in [0.5, 0.6) is 0 Å². The minimum Gasteiger partial charge on any atom is -0.283 e. The Balaban J connectivity index is 2.36. The number of benzene rings is 1. The maximum atomic E-state index is 13.0. The molecule has 0 saturated heterocycles. The van der Waals surface area contributed by atoms with Gasteiger partial charge in [0.2, 0.25) is 0 Å². The van der Waals surface area contributed by atoms with Gasteiger partial charge in [0.25, 0.3) is 0 Å². The minimum atomic E-state index is -0.809. The fraction of sp³-hybridized carbons (Fsp3) is 0.417. The second kappa shape index (κ2) is 3.40. The third kappa shape index (κ3) is 2.06. The van der Waals surface area contributed by atoms with Crippen LogP contribution in [-0.4, -0.2) is 11.3 Å². The zero-order chi connectivity index (χ0) is 11.1. The van der Waals surface area contributed by atoms with Crippen LogP contribution in [0.3, 0.4) is 0 Å². The predicted octanol–water partition coefficient (Wildman–Crippen LogP) is 3.33. The summed E-state index contributed by atoms with van der Waals surface area (Å²) < 4.78 is 25.7. The standard InChI is InChI=1S/C12H13F2N/c1-12(2)6-5-11(15-12)8-3-4-9(13)10(14)7-8/h3-4,7H,5-6H2,1-2H3. The summed E-state index contributed by atoms with van der Waals surface area (Å²) in [5.74, 6) is -1.61. The van der Waals surface area contributed by atoms with E-state index in [4.69, 9.17) is 0 Å². The van der Waals surface area contributed by atoms with Crippen LogP contribution in [0.15, 0.2) is 23.2 Å². The number of aliphatic imine (C=N–C) groups is 1. The van der Waals surface area contributed by atoms with Crippen LogP contribution in [0.25, 0.3) is 0 Å². The van der Waals surface area contributed by atoms with Crippen LogP contribution < -0.4 is 0 Å². The first-order chi connectivity index (χ1) is 6.98. The molecule has 1 aromatic carbocycles. The molecule has 80 valence electrons. The molecule has 15 heavy (non-hydrogen) atoms. The fourth-order valence-electron chi connectivity index (χ4n) is 1.79. The highest BCUT2D eigenvalue weighted by molar-refractivity contribution is 6.02. The van der Waals surface area contributed by atoms with Crippen molar-refractivity contribution in [2.75, 3.05) is 0 Å². The zero-order valence-corrected chi connectivity index (χ0v) is 8.85. The van der Waals surface area contributed by atoms with E-state index in [0.29, 0.717) is 5.56 Å². The molecule has 0 unspecified atom stereocenters. The summed E-state index contributed by atoms with van der Waals surface area (Å²) in [6.07, 6.45) is 1.79. The third-order valence-electron chi connectivity index (χ3n) is 2.66. The Kier molecular flexibility index (Phi) is 2.33. The fourth-order valence-corrected chi connectivity index (χ4v) is 1.79. The molecule has 0 N–H and O–H groups in total. The van der Waals surface area contributed by atoms with Gasteiger partial charge in [-0.25, -0.2) is 8.78 Å². The highest BCUT2D eigenvalue weighted by Gasteiger charge is 2.25. The van der Waals surface area contributed by atoms with Crippen LogP contribution in [0, 0.1) is 11.6 Å². The monoisotopic (exact) mass is 209 g/mol. The molecule has 2 rings (SSSR count). The molecule has 0 spiro atoms. The van der Waals surface area contributed by atoms with Crippen LogP contribution in [0.4, 0.5) is 8.78 Å². The molecule has 1 nitrogen and oxygen atoms in total. The van der Waals surface area contributed by atoms with E-state index in [9.17, 15) is 8.78 Å². The molecule has 1 heterocycles. The topological polar surface area (TPSA) is 12.4 Å². The van der Waals surface area contributed by atoms with Gasteiger partial charge < -0.3 is 0 Å². The summed E-state index contributed by atoms with van der Waals surface area (Å²) in [5.41, 5.74) is 1.50. The van der Waals surface area contributed by atoms with E-state index < -0.39 is 11.6 Å². The van der Waals surface area contributed by atoms with E-state index >= 15 is 0 Å². The van der Waals surface area contributed by atoms with Crippen molar-refractivity contribution in [3.63, 3.8) is 0 Å². The van der Waals surface area contributed by atoms with Crippen LogP contribution in [0.2, 0.25) is 0 Å². The van der Waals surface area contributed by atoms with E-state index in [2.05, 4.69) is 4.99 Å². The van der Waals surface area contributed by atoms with Crippen molar-refractivity contribution in [2.45, 2.75) is 32.2 Å². The Bertz CT molecular complexity index is 422. The molecule has 0 atom stereocenters. The Hall–Kier alpha value is -1.25. The molecule has 1 aromatic rings. The van der Waals surface area contributed by atoms with E-state index in [1.54, 1.807) is 6.07 Å². The zero-order valence-electron chi connectivity index (χ0n) is 8.85. The molecule has 0 bridgehead atoms. The second-order valence-electron chi connectivity index (χ2n) is 4.50. The predicted molar refractivity (Wildman–Crippen MR) is 56.2 cm³/mol. The Morgan fingerprint density at radius 3 is 2.47 bits per heavy atom. The molecule has 0 saturated carbocycles. The first-order valence-electron chi connectivity index (χ1n) is 5.02. The summed E-state index contributed by atoms with van der Waals surface area (Å²) in [5, 5.41) is 0. The van der Waals surface area contributed by atoms with Gasteiger partial charge in [-0.05, 0) is 44.4 Å². The SMILES string of the molecule is CC1(C)CCC(c2ccc(F)c(F)c2)=N1. The van der Waals surface area contributed by atoms with Crippen molar-refractivity contribution in [1.29, 1.82) is 0 Å². The molecular formula is C12H13F2N. The van der Waals surface area contributed by atoms with Gasteiger partial charge in [-0.3, -0.25) is 4.99 Å². The van der Waals surface area contributed by atoms with Crippen molar-refractivity contribution in [3.05, 3.63) is 35.4 Å². The Labute approximate surface area is 87.8 Å². The third-order valence-corrected chi connectivity index (χ3v) is 2.66.